The molecule has 234 valence electrons. The summed E-state index contributed by atoms with van der Waals surface area (Å²) in [5.41, 5.74) is 9.13. The molecule has 0 aromatic heterocycles. The van der Waals surface area contributed by atoms with Gasteiger partial charge in [0, 0.05) is 32.6 Å². The predicted molar refractivity (Wildman–Crippen MR) is 170 cm³/mol. The molecule has 9 nitrogen and oxygen atoms in total. The van der Waals surface area contributed by atoms with E-state index >= 15 is 0 Å². The molecule has 5 rings (SSSR count). The number of benzene rings is 3. The second-order valence-corrected chi connectivity index (χ2v) is 13.6. The number of nitriles is 1. The van der Waals surface area contributed by atoms with Crippen LogP contribution in [0, 0.1) is 11.3 Å². The molecule has 0 saturated heterocycles. The number of nitrogens with two attached hydrogens (primary N) is 1. The van der Waals surface area contributed by atoms with Crippen molar-refractivity contribution in [1.29, 1.82) is 5.26 Å². The van der Waals surface area contributed by atoms with E-state index < -0.39 is 33.4 Å². The van der Waals surface area contributed by atoms with Crippen LogP contribution in [-0.2, 0) is 50.3 Å². The maximum Gasteiger partial charge on any atom is 0.335 e. The summed E-state index contributed by atoms with van der Waals surface area (Å²) in [6.07, 6.45) is 2.33. The van der Waals surface area contributed by atoms with Crippen molar-refractivity contribution in [3.05, 3.63) is 112 Å². The smallest absolute Gasteiger partial charge is 0.335 e. The van der Waals surface area contributed by atoms with E-state index in [-0.39, 0.29) is 30.9 Å². The third-order valence-electron chi connectivity index (χ3n) is 8.54. The van der Waals surface area contributed by atoms with E-state index in [1.54, 1.807) is 56.3 Å². The average Bonchev–Trinajstić information content (AvgIpc) is 3.04. The molecule has 0 fully saturated rings. The third kappa shape index (κ3) is 6.63. The maximum atomic E-state index is 14.5. The number of nitrogens with zero attached hydrogens (tertiary/aromatic N) is 3. The summed E-state index contributed by atoms with van der Waals surface area (Å²) >= 11 is 0. The number of carbonyl (C=O) groups excluding carboxylic acids is 2. The van der Waals surface area contributed by atoms with Crippen LogP contribution in [0.1, 0.15) is 48.1 Å². The number of hydrogen-bond donors (Lipinski definition) is 1. The lowest BCUT2D eigenvalue weighted by molar-refractivity contribution is -0.160. The minimum absolute atomic E-state index is 0.00697. The van der Waals surface area contributed by atoms with E-state index in [9.17, 15) is 23.3 Å². The van der Waals surface area contributed by atoms with Gasteiger partial charge in [-0.1, -0.05) is 60.2 Å². The number of hydrogen-bond acceptors (Lipinski definition) is 8. The normalized spacial score (nSPS) is 19.6. The van der Waals surface area contributed by atoms with Gasteiger partial charge in [0.05, 0.1) is 29.2 Å². The Kier molecular flexibility index (Phi) is 9.65. The first-order valence-electron chi connectivity index (χ1n) is 15.1. The molecule has 2 aliphatic heterocycles. The Balaban J connectivity index is 1.50. The van der Waals surface area contributed by atoms with Crippen molar-refractivity contribution in [2.75, 3.05) is 19.7 Å². The van der Waals surface area contributed by atoms with Crippen LogP contribution in [-0.4, -0.2) is 60.7 Å². The van der Waals surface area contributed by atoms with Gasteiger partial charge in [0.1, 0.15) is 0 Å². The highest BCUT2D eigenvalue weighted by Gasteiger charge is 2.58. The van der Waals surface area contributed by atoms with Crippen LogP contribution in [0.4, 0.5) is 0 Å². The molecule has 0 saturated carbocycles. The topological polar surface area (TPSA) is 134 Å². The summed E-state index contributed by atoms with van der Waals surface area (Å²) in [5.74, 6) is -1.69. The van der Waals surface area contributed by atoms with Crippen LogP contribution in [0.5, 0.6) is 0 Å². The fourth-order valence-electron chi connectivity index (χ4n) is 6.27. The highest BCUT2D eigenvalue weighted by Crippen LogP contribution is 2.37. The molecule has 0 aliphatic carbocycles. The Morgan fingerprint density at radius 3 is 2.53 bits per heavy atom. The number of sulfonamides is 1. The van der Waals surface area contributed by atoms with Crippen LogP contribution in [0.15, 0.2) is 89.3 Å². The molecule has 2 aliphatic rings. The van der Waals surface area contributed by atoms with Crippen LogP contribution in [0.25, 0.3) is 0 Å². The zero-order valence-electron chi connectivity index (χ0n) is 25.6. The number of rotatable bonds is 10. The van der Waals surface area contributed by atoms with Gasteiger partial charge in [-0.25, -0.2) is 13.2 Å². The van der Waals surface area contributed by atoms with Crippen molar-refractivity contribution < 1.29 is 22.7 Å². The number of esters is 1. The van der Waals surface area contributed by atoms with Crippen molar-refractivity contribution in [2.45, 2.75) is 62.7 Å². The monoisotopic (exact) mass is 626 g/mol. The molecule has 3 aromatic rings. The molecular weight excluding hydrogens is 588 g/mol. The number of fused-ring (bicyclic) bond motifs is 1. The number of ketones is 1. The first kappa shape index (κ1) is 32.3. The molecule has 2 heterocycles. The van der Waals surface area contributed by atoms with Crippen LogP contribution in [0.3, 0.4) is 0 Å². The maximum absolute atomic E-state index is 14.5. The summed E-state index contributed by atoms with van der Waals surface area (Å²) in [6.45, 7) is 5.29. The highest BCUT2D eigenvalue weighted by molar-refractivity contribution is 7.89. The standard InChI is InChI=1S/C35H38N4O5S/c1-3-44-34(41)35(33(40)32(37)19-27-10-7-11-28(18-27)22-36)21-25(2)14-17-39(35)45(42,43)31-13-12-29-15-16-38(24-30(29)20-31)23-26-8-5-4-6-9-26/h4-14,18,20,32H,3,15-17,19,21,23-24,37H2,1-2H3/t32?,35-/m1/s1. The van der Waals surface area contributed by atoms with Gasteiger partial charge in [-0.3, -0.25) is 9.69 Å². The van der Waals surface area contributed by atoms with Crippen molar-refractivity contribution in [3.63, 3.8) is 0 Å². The molecular formula is C35H38N4O5S. The van der Waals surface area contributed by atoms with Gasteiger partial charge in [-0.15, -0.1) is 0 Å². The molecule has 45 heavy (non-hydrogen) atoms. The number of ether oxygens (including phenoxy) is 1. The summed E-state index contributed by atoms with van der Waals surface area (Å²) in [4.78, 5) is 30.4. The lowest BCUT2D eigenvalue weighted by Gasteiger charge is -2.43. The van der Waals surface area contributed by atoms with Crippen LogP contribution in [0.2, 0.25) is 0 Å². The summed E-state index contributed by atoms with van der Waals surface area (Å²) in [7, 11) is -4.38. The van der Waals surface area contributed by atoms with Gasteiger partial charge in [0.2, 0.25) is 10.0 Å². The largest absolute Gasteiger partial charge is 0.464 e. The molecule has 3 aromatic carbocycles. The van der Waals surface area contributed by atoms with Gasteiger partial charge in [0.15, 0.2) is 11.3 Å². The number of carbonyl (C=O) groups is 2. The first-order chi connectivity index (χ1) is 21.6. The highest BCUT2D eigenvalue weighted by atomic mass is 32.2. The Hall–Kier alpha value is -4.14. The first-order valence-corrected chi connectivity index (χ1v) is 16.5. The van der Waals surface area contributed by atoms with Crippen molar-refractivity contribution in [3.8, 4) is 6.07 Å². The van der Waals surface area contributed by atoms with E-state index in [0.29, 0.717) is 23.2 Å². The molecule has 0 bridgehead atoms. The molecule has 1 unspecified atom stereocenters. The third-order valence-corrected chi connectivity index (χ3v) is 10.4. The zero-order chi connectivity index (χ0) is 32.2. The summed E-state index contributed by atoms with van der Waals surface area (Å²) in [6, 6.07) is 22.7. The van der Waals surface area contributed by atoms with E-state index in [1.807, 2.05) is 24.3 Å². The van der Waals surface area contributed by atoms with Gasteiger partial charge in [0.25, 0.3) is 0 Å². The molecule has 0 spiro atoms. The lowest BCUT2D eigenvalue weighted by atomic mass is 9.80. The van der Waals surface area contributed by atoms with Gasteiger partial charge in [-0.2, -0.15) is 9.57 Å². The van der Waals surface area contributed by atoms with Gasteiger partial charge in [-0.05, 0) is 73.2 Å². The summed E-state index contributed by atoms with van der Waals surface area (Å²) in [5, 5.41) is 9.31. The quantitative estimate of drug-likeness (QED) is 0.204. The average molecular weight is 627 g/mol. The van der Waals surface area contributed by atoms with E-state index in [1.165, 1.54) is 5.56 Å². The molecule has 0 radical (unpaired) electrons. The van der Waals surface area contributed by atoms with E-state index in [4.69, 9.17) is 10.5 Å². The second kappa shape index (κ2) is 13.5. The SMILES string of the molecule is CCOC(=O)[C@]1(C(=O)C(N)Cc2cccc(C#N)c2)CC(C)=CCN1S(=O)(=O)c1ccc2c(c1)CN(Cc1ccccc1)CC2. The van der Waals surface area contributed by atoms with Gasteiger partial charge >= 0.3 is 5.97 Å². The molecule has 0 amide bonds. The zero-order valence-corrected chi connectivity index (χ0v) is 26.4. The van der Waals surface area contributed by atoms with Crippen LogP contribution < -0.4 is 5.73 Å². The fraction of sp³-hybridized carbons (Fsp3) is 0.343. The molecule has 2 N–H and O–H groups in total. The number of Topliss-reactive ketones (excluding diaryl/α,β-unsaturated/α-hetero) is 1. The Morgan fingerprint density at radius 1 is 1.04 bits per heavy atom. The van der Waals surface area contributed by atoms with Crippen LogP contribution >= 0.6 is 0 Å². The van der Waals surface area contributed by atoms with Crippen molar-refractivity contribution in [1.82, 2.24) is 9.21 Å². The van der Waals surface area contributed by atoms with Gasteiger partial charge < -0.3 is 10.5 Å². The molecule has 2 atom stereocenters. The molecule has 10 heteroatoms. The predicted octanol–water partition coefficient (Wildman–Crippen LogP) is 3.90. The van der Waals surface area contributed by atoms with Crippen molar-refractivity contribution >= 4 is 21.8 Å². The lowest BCUT2D eigenvalue weighted by Crippen LogP contribution is -2.67. The van der Waals surface area contributed by atoms with E-state index in [0.717, 1.165) is 34.9 Å². The minimum Gasteiger partial charge on any atom is -0.464 e. The van der Waals surface area contributed by atoms with Crippen molar-refractivity contribution in [2.24, 2.45) is 5.73 Å². The Morgan fingerprint density at radius 2 is 1.80 bits per heavy atom. The minimum atomic E-state index is -4.38. The Bertz CT molecular complexity index is 1770. The second-order valence-electron chi connectivity index (χ2n) is 11.7. The van der Waals surface area contributed by atoms with E-state index in [2.05, 4.69) is 23.1 Å². The Labute approximate surface area is 264 Å². The summed E-state index contributed by atoms with van der Waals surface area (Å²) < 4.78 is 35.4. The fourth-order valence-corrected chi connectivity index (χ4v) is 7.97.